The lowest BCUT2D eigenvalue weighted by molar-refractivity contribution is -0.363. The zero-order valence-corrected chi connectivity index (χ0v) is 26.3. The molecular formula is C34H39N3O11. The Morgan fingerprint density at radius 2 is 1.96 bits per heavy atom. The van der Waals surface area contributed by atoms with Gasteiger partial charge in [0.15, 0.2) is 16.8 Å². The molecule has 8 atom stereocenters. The van der Waals surface area contributed by atoms with Crippen molar-refractivity contribution in [1.29, 1.82) is 0 Å². The van der Waals surface area contributed by atoms with Gasteiger partial charge in [-0.25, -0.2) is 9.78 Å². The van der Waals surface area contributed by atoms with Gasteiger partial charge in [-0.15, -0.1) is 0 Å². The number of fused-ring (bicyclic) bond motifs is 3. The second-order valence-corrected chi connectivity index (χ2v) is 13.2. The van der Waals surface area contributed by atoms with Gasteiger partial charge in [-0.3, -0.25) is 14.6 Å². The summed E-state index contributed by atoms with van der Waals surface area (Å²) >= 11 is 0. The summed E-state index contributed by atoms with van der Waals surface area (Å²) in [5, 5.41) is 52.9. The van der Waals surface area contributed by atoms with Crippen LogP contribution in [-0.2, 0) is 21.0 Å². The van der Waals surface area contributed by atoms with Crippen LogP contribution >= 0.6 is 0 Å². The average molecular weight is 666 g/mol. The topological polar surface area (TPSA) is 204 Å². The molecule has 1 fully saturated rings. The van der Waals surface area contributed by atoms with E-state index in [2.05, 4.69) is 16.4 Å². The number of aryl methyl sites for hydroxylation is 1. The predicted molar refractivity (Wildman–Crippen MR) is 171 cm³/mol. The van der Waals surface area contributed by atoms with Crippen LogP contribution in [0.2, 0.25) is 0 Å². The number of nitrogens with zero attached hydrogens (tertiary/aromatic N) is 2. The molecule has 5 aliphatic rings. The van der Waals surface area contributed by atoms with Crippen molar-refractivity contribution in [3.8, 4) is 5.75 Å². The Hall–Kier alpha value is -3.89. The van der Waals surface area contributed by atoms with E-state index in [0.717, 1.165) is 11.3 Å². The number of allylic oxidation sites excluding steroid dienone is 2. The van der Waals surface area contributed by atoms with Crippen molar-refractivity contribution in [2.75, 3.05) is 31.2 Å². The van der Waals surface area contributed by atoms with E-state index < -0.39 is 49.3 Å². The standard InChI is InChI=1S/C34H39N3O11/c1-17-7-24(39)22-8-20-9-27(48-45-16-26(41)31(44)30(43)25(40)15-38)34(5-2-3-18(11-34)21-10-28(42)36-12-21)47-32(20)29(33(22)46-17)37-13-19-4-6-35-23(19)14-37/h2-4,6-8,13,18,21,25-27,30-31,38,40-41,43-44H,5,9-12,14-16H2,1H3,(H,36,42). The van der Waals surface area contributed by atoms with Crippen LogP contribution in [-0.4, -0.2) is 99.6 Å². The van der Waals surface area contributed by atoms with E-state index in [-0.39, 0.29) is 29.6 Å². The van der Waals surface area contributed by atoms with Crippen LogP contribution in [0.5, 0.6) is 5.75 Å². The Labute approximate surface area is 275 Å². The molecule has 1 saturated heterocycles. The third kappa shape index (κ3) is 5.87. The van der Waals surface area contributed by atoms with Crippen molar-refractivity contribution in [2.45, 2.75) is 68.7 Å². The van der Waals surface area contributed by atoms with Crippen molar-refractivity contribution in [3.05, 3.63) is 69.9 Å². The maximum absolute atomic E-state index is 13.3. The summed E-state index contributed by atoms with van der Waals surface area (Å²) in [5.74, 6) is 0.977. The van der Waals surface area contributed by atoms with Gasteiger partial charge < -0.3 is 44.9 Å². The first-order chi connectivity index (χ1) is 23.1. The minimum absolute atomic E-state index is 0.0103. The average Bonchev–Trinajstić information content (AvgIpc) is 3.80. The largest absolute Gasteiger partial charge is 0.481 e. The van der Waals surface area contributed by atoms with Crippen LogP contribution in [0.3, 0.4) is 0 Å². The molecule has 1 aromatic carbocycles. The van der Waals surface area contributed by atoms with Gasteiger partial charge in [-0.1, -0.05) is 12.2 Å². The summed E-state index contributed by atoms with van der Waals surface area (Å²) < 4.78 is 13.3. The summed E-state index contributed by atoms with van der Waals surface area (Å²) in [6, 6.07) is 3.18. The lowest BCUT2D eigenvalue weighted by atomic mass is 9.71. The summed E-state index contributed by atoms with van der Waals surface area (Å²) in [5.41, 5.74) is 2.27. The molecule has 14 nitrogen and oxygen atoms in total. The fraction of sp³-hybridized carbons (Fsp3) is 0.500. The fourth-order valence-corrected chi connectivity index (χ4v) is 7.32. The number of ether oxygens (including phenoxy) is 1. The van der Waals surface area contributed by atoms with Gasteiger partial charge in [0, 0.05) is 55.4 Å². The highest BCUT2D eigenvalue weighted by Gasteiger charge is 2.51. The number of carbonyl (C=O) groups excluding carboxylic acids is 1. The molecular weight excluding hydrogens is 626 g/mol. The zero-order valence-electron chi connectivity index (χ0n) is 26.3. The molecule has 7 rings (SSSR count). The molecule has 5 heterocycles. The molecule has 0 radical (unpaired) electrons. The number of anilines is 1. The van der Waals surface area contributed by atoms with Gasteiger partial charge in [0.2, 0.25) is 5.91 Å². The molecule has 4 aliphatic heterocycles. The van der Waals surface area contributed by atoms with Crippen molar-refractivity contribution in [3.63, 3.8) is 0 Å². The maximum atomic E-state index is 13.3. The highest BCUT2D eigenvalue weighted by atomic mass is 17.2. The number of nitrogens with one attached hydrogen (secondary N) is 1. The van der Waals surface area contributed by atoms with Gasteiger partial charge in [0.1, 0.15) is 54.2 Å². The first-order valence-electron chi connectivity index (χ1n) is 16.1. The number of aliphatic imine (C=N–C) groups is 1. The number of aliphatic hydroxyl groups is 5. The number of carbonyl (C=O) groups is 1. The van der Waals surface area contributed by atoms with E-state index in [1.807, 2.05) is 23.3 Å². The van der Waals surface area contributed by atoms with Gasteiger partial charge >= 0.3 is 0 Å². The summed E-state index contributed by atoms with van der Waals surface area (Å²) in [6.45, 7) is 1.32. The van der Waals surface area contributed by atoms with Crippen LogP contribution in [0.1, 0.15) is 30.6 Å². The van der Waals surface area contributed by atoms with Crippen molar-refractivity contribution in [2.24, 2.45) is 16.8 Å². The highest BCUT2D eigenvalue weighted by Crippen LogP contribution is 2.51. The van der Waals surface area contributed by atoms with Gasteiger partial charge in [-0.05, 0) is 37.3 Å². The Balaban J connectivity index is 1.25. The molecule has 1 spiro atoms. The number of hydrogen-bond donors (Lipinski definition) is 6. The summed E-state index contributed by atoms with van der Waals surface area (Å²) in [7, 11) is 0. The molecule has 1 aliphatic carbocycles. The predicted octanol–water partition coefficient (Wildman–Crippen LogP) is 0.302. The third-order valence-electron chi connectivity index (χ3n) is 9.96. The van der Waals surface area contributed by atoms with Crippen molar-refractivity contribution >= 4 is 28.3 Å². The van der Waals surface area contributed by atoms with Gasteiger partial charge in [-0.2, -0.15) is 0 Å². The summed E-state index contributed by atoms with van der Waals surface area (Å²) in [4.78, 5) is 43.4. The van der Waals surface area contributed by atoms with Crippen LogP contribution in [0, 0.1) is 18.8 Å². The van der Waals surface area contributed by atoms with E-state index >= 15 is 0 Å². The van der Waals surface area contributed by atoms with Crippen LogP contribution in [0.4, 0.5) is 5.69 Å². The molecule has 48 heavy (non-hydrogen) atoms. The van der Waals surface area contributed by atoms with E-state index in [0.29, 0.717) is 66.1 Å². The molecule has 1 amide bonds. The molecule has 1 aromatic heterocycles. The van der Waals surface area contributed by atoms with Crippen LogP contribution in [0.15, 0.2) is 62.5 Å². The molecule has 0 saturated carbocycles. The smallest absolute Gasteiger partial charge is 0.220 e. The SMILES string of the molecule is Cc1cc(=O)c2cc3c(c(N4C=C5C=CN=C5C4)c2o1)OC1(CC=CC(C2CNC(=O)C2)C1)C(OOCC(O)C(O)C(O)C(O)CO)C3. The molecule has 256 valence electrons. The van der Waals surface area contributed by atoms with E-state index in [9.17, 15) is 30.0 Å². The Morgan fingerprint density at radius 1 is 1.15 bits per heavy atom. The number of hydrogen-bond acceptors (Lipinski definition) is 13. The van der Waals surface area contributed by atoms with E-state index in [4.69, 9.17) is 24.0 Å². The molecule has 2 aromatic rings. The number of aliphatic hydroxyl groups excluding tert-OH is 5. The Morgan fingerprint density at radius 3 is 2.71 bits per heavy atom. The van der Waals surface area contributed by atoms with Crippen molar-refractivity contribution in [1.82, 2.24) is 5.32 Å². The molecule has 8 unspecified atom stereocenters. The highest BCUT2D eigenvalue weighted by molar-refractivity contribution is 6.12. The molecule has 14 heteroatoms. The van der Waals surface area contributed by atoms with E-state index in [1.165, 1.54) is 6.07 Å². The first-order valence-corrected chi connectivity index (χ1v) is 16.1. The third-order valence-corrected chi connectivity index (χ3v) is 9.96. The second-order valence-electron chi connectivity index (χ2n) is 13.2. The van der Waals surface area contributed by atoms with E-state index in [1.54, 1.807) is 19.2 Å². The molecule has 6 N–H and O–H groups in total. The maximum Gasteiger partial charge on any atom is 0.220 e. The fourth-order valence-electron chi connectivity index (χ4n) is 7.32. The second kappa shape index (κ2) is 12.9. The number of benzene rings is 1. The minimum Gasteiger partial charge on any atom is -0.481 e. The lowest BCUT2D eigenvalue weighted by Crippen LogP contribution is -2.55. The lowest BCUT2D eigenvalue weighted by Gasteiger charge is -2.47. The van der Waals surface area contributed by atoms with Crippen molar-refractivity contribution < 1.29 is 49.3 Å². The minimum atomic E-state index is -1.83. The number of rotatable bonds is 10. The summed E-state index contributed by atoms with van der Waals surface area (Å²) in [6.07, 6.45) is 3.50. The monoisotopic (exact) mass is 665 g/mol. The quantitative estimate of drug-likeness (QED) is 0.115. The Kier molecular flexibility index (Phi) is 8.74. The molecule has 0 bridgehead atoms. The van der Waals surface area contributed by atoms with Crippen LogP contribution in [0.25, 0.3) is 11.0 Å². The number of amides is 1. The normalized spacial score (nSPS) is 28.5. The van der Waals surface area contributed by atoms with Crippen LogP contribution < -0.4 is 20.4 Å². The van der Waals surface area contributed by atoms with Gasteiger partial charge in [0.25, 0.3) is 0 Å². The first kappa shape index (κ1) is 32.6. The zero-order chi connectivity index (χ0) is 33.7. The Bertz CT molecular complexity index is 1780. The van der Waals surface area contributed by atoms with Gasteiger partial charge in [0.05, 0.1) is 24.2 Å².